The molecule has 0 saturated heterocycles. The van der Waals surface area contributed by atoms with Crippen LogP contribution in [0.1, 0.15) is 10.4 Å². The Hall–Kier alpha value is -1.36. The lowest BCUT2D eigenvalue weighted by Gasteiger charge is -1.98. The van der Waals surface area contributed by atoms with Crippen molar-refractivity contribution in [1.29, 1.82) is 0 Å². The minimum Gasteiger partial charge on any atom is -0.429 e. The Labute approximate surface area is 67.8 Å². The van der Waals surface area contributed by atoms with Crippen LogP contribution in [0.5, 0.6) is 0 Å². The van der Waals surface area contributed by atoms with Crippen LogP contribution in [-0.4, -0.2) is 15.8 Å². The molecule has 0 unspecified atom stereocenters. The molecule has 1 rings (SSSR count). The van der Waals surface area contributed by atoms with Crippen LogP contribution in [0.3, 0.4) is 0 Å². The molecule has 0 aromatic carbocycles. The first-order valence-electron chi connectivity index (χ1n) is 2.82. The fourth-order valence-corrected chi connectivity index (χ4v) is 0.872. The largest absolute Gasteiger partial charge is 0.429 e. The maximum atomic E-state index is 10.6. The monoisotopic (exact) mass is 170 g/mol. The van der Waals surface area contributed by atoms with Crippen LogP contribution in [-0.2, 0) is 0 Å². The average Bonchev–Trinajstić information content (AvgIpc) is 1.94. The molecule has 0 fully saturated rings. The molecule has 4 nitrogen and oxygen atoms in total. The van der Waals surface area contributed by atoms with Gasteiger partial charge in [0.05, 0.1) is 16.3 Å². The molecule has 0 aliphatic rings. The van der Waals surface area contributed by atoms with Gasteiger partial charge in [-0.25, -0.2) is 4.73 Å². The van der Waals surface area contributed by atoms with E-state index in [9.17, 15) is 4.79 Å². The normalized spacial score (nSPS) is 9.45. The third-order valence-corrected chi connectivity index (χ3v) is 1.53. The predicted octanol–water partition coefficient (Wildman–Crippen LogP) is 0.554. The Morgan fingerprint density at radius 1 is 1.73 bits per heavy atom. The van der Waals surface area contributed by atoms with Gasteiger partial charge in [0.25, 0.3) is 5.91 Å². The van der Waals surface area contributed by atoms with E-state index in [-0.39, 0.29) is 5.56 Å². The summed E-state index contributed by atoms with van der Waals surface area (Å²) in [5.74, 6) is -0.640. The topological polar surface area (TPSA) is 68.2 Å². The zero-order valence-corrected chi connectivity index (χ0v) is 6.34. The van der Waals surface area contributed by atoms with Gasteiger partial charge in [-0.3, -0.25) is 4.79 Å². The second-order valence-corrected chi connectivity index (χ2v) is 2.41. The van der Waals surface area contributed by atoms with Crippen LogP contribution < -0.4 is 5.73 Å². The lowest BCUT2D eigenvalue weighted by Crippen LogP contribution is -2.13. The highest BCUT2D eigenvalue weighted by molar-refractivity contribution is 7.71. The summed E-state index contributed by atoms with van der Waals surface area (Å²) in [6.45, 7) is 0. The summed E-state index contributed by atoms with van der Waals surface area (Å²) in [5.41, 5.74) is 5.10. The third-order valence-electron chi connectivity index (χ3n) is 1.17. The molecule has 58 valence electrons. The molecule has 1 heterocycles. The van der Waals surface area contributed by atoms with Gasteiger partial charge in [0.15, 0.2) is 0 Å². The molecule has 1 amide bonds. The van der Waals surface area contributed by atoms with Crippen molar-refractivity contribution in [3.8, 4) is 0 Å². The van der Waals surface area contributed by atoms with Gasteiger partial charge in [0.1, 0.15) is 0 Å². The summed E-state index contributed by atoms with van der Waals surface area (Å²) in [5, 5.41) is 8.85. The molecule has 11 heavy (non-hydrogen) atoms. The van der Waals surface area contributed by atoms with Crippen molar-refractivity contribution in [3.05, 3.63) is 28.5 Å². The van der Waals surface area contributed by atoms with Gasteiger partial charge in [-0.05, 0) is 6.07 Å². The highest BCUT2D eigenvalue weighted by Crippen LogP contribution is 1.99. The van der Waals surface area contributed by atoms with Crippen molar-refractivity contribution in [2.24, 2.45) is 5.73 Å². The molecular weight excluding hydrogens is 164 g/mol. The predicted molar refractivity (Wildman–Crippen MR) is 41.0 cm³/mol. The summed E-state index contributed by atoms with van der Waals surface area (Å²) < 4.78 is 1.07. The van der Waals surface area contributed by atoms with E-state index in [2.05, 4.69) is 0 Å². The number of pyridine rings is 1. The lowest BCUT2D eigenvalue weighted by atomic mass is 10.3. The number of amides is 1. The van der Waals surface area contributed by atoms with Crippen LogP contribution in [0, 0.1) is 4.51 Å². The molecule has 0 radical (unpaired) electrons. The van der Waals surface area contributed by atoms with E-state index in [4.69, 9.17) is 23.2 Å². The number of aromatic nitrogens is 1. The highest BCUT2D eigenvalue weighted by atomic mass is 32.1. The van der Waals surface area contributed by atoms with Crippen molar-refractivity contribution in [3.63, 3.8) is 0 Å². The second kappa shape index (κ2) is 2.71. The van der Waals surface area contributed by atoms with Crippen molar-refractivity contribution < 1.29 is 10.0 Å². The van der Waals surface area contributed by atoms with Crippen molar-refractivity contribution >= 4 is 18.1 Å². The summed E-state index contributed by atoms with van der Waals surface area (Å²) >= 11 is 4.76. The van der Waals surface area contributed by atoms with Gasteiger partial charge in [-0.15, -0.1) is 0 Å². The van der Waals surface area contributed by atoms with E-state index in [1.54, 1.807) is 0 Å². The molecule has 0 aliphatic heterocycles. The standard InChI is InChI=1S/C6H6N2O2S/c7-6(9)4-3-8(10)2-1-5(4)11/h1-3,10H,(H2,7,9). The fourth-order valence-electron chi connectivity index (χ4n) is 0.658. The molecule has 0 bridgehead atoms. The molecule has 1 aromatic heterocycles. The van der Waals surface area contributed by atoms with Gasteiger partial charge >= 0.3 is 0 Å². The van der Waals surface area contributed by atoms with Gasteiger partial charge in [-0.2, -0.15) is 0 Å². The van der Waals surface area contributed by atoms with Crippen LogP contribution >= 0.6 is 12.2 Å². The minimum absolute atomic E-state index is 0.144. The molecule has 3 N–H and O–H groups in total. The van der Waals surface area contributed by atoms with E-state index >= 15 is 0 Å². The maximum Gasteiger partial charge on any atom is 0.251 e. The van der Waals surface area contributed by atoms with Crippen LogP contribution in [0.2, 0.25) is 0 Å². The molecule has 0 spiro atoms. The van der Waals surface area contributed by atoms with E-state index < -0.39 is 5.91 Å². The number of hydrogen-bond acceptors (Lipinski definition) is 3. The SMILES string of the molecule is NC(=O)c1cn(O)ccc1=S. The average molecular weight is 170 g/mol. The molecule has 5 heteroatoms. The Balaban J connectivity index is 3.35. The minimum atomic E-state index is -0.640. The van der Waals surface area contributed by atoms with Gasteiger partial charge < -0.3 is 10.9 Å². The number of primary amides is 1. The quantitative estimate of drug-likeness (QED) is 0.478. The summed E-state index contributed by atoms with van der Waals surface area (Å²) in [6, 6.07) is 1.43. The first kappa shape index (κ1) is 7.74. The van der Waals surface area contributed by atoms with E-state index in [1.807, 2.05) is 0 Å². The zero-order valence-electron chi connectivity index (χ0n) is 5.52. The first-order chi connectivity index (χ1) is 5.11. The van der Waals surface area contributed by atoms with E-state index in [0.717, 1.165) is 4.73 Å². The third kappa shape index (κ3) is 1.56. The highest BCUT2D eigenvalue weighted by Gasteiger charge is 2.01. The lowest BCUT2D eigenvalue weighted by molar-refractivity contribution is 0.0994. The maximum absolute atomic E-state index is 10.6. The summed E-state index contributed by atoms with van der Waals surface area (Å²) in [6.07, 6.45) is 2.50. The van der Waals surface area contributed by atoms with Crippen molar-refractivity contribution in [2.45, 2.75) is 0 Å². The fraction of sp³-hybridized carbons (Fsp3) is 0. The van der Waals surface area contributed by atoms with E-state index in [1.165, 1.54) is 18.5 Å². The zero-order chi connectivity index (χ0) is 8.43. The Morgan fingerprint density at radius 2 is 2.36 bits per heavy atom. The molecule has 0 saturated carbocycles. The van der Waals surface area contributed by atoms with Crippen LogP contribution in [0.15, 0.2) is 18.5 Å². The number of carbonyl (C=O) groups excluding carboxylic acids is 1. The summed E-state index contributed by atoms with van der Waals surface area (Å²) in [7, 11) is 0. The number of hydrogen-bond donors (Lipinski definition) is 2. The molecule has 0 aliphatic carbocycles. The van der Waals surface area contributed by atoms with Crippen molar-refractivity contribution in [2.75, 3.05) is 0 Å². The Kier molecular flexibility index (Phi) is 1.91. The number of nitrogens with two attached hydrogens (primary N) is 1. The first-order valence-corrected chi connectivity index (χ1v) is 3.23. The molecular formula is C6H6N2O2S. The van der Waals surface area contributed by atoms with Crippen LogP contribution in [0.25, 0.3) is 0 Å². The molecule has 0 atom stereocenters. The number of carbonyl (C=O) groups is 1. The Bertz CT molecular complexity index is 345. The summed E-state index contributed by atoms with van der Waals surface area (Å²) in [4.78, 5) is 10.6. The van der Waals surface area contributed by atoms with Gasteiger partial charge in [0, 0.05) is 6.20 Å². The van der Waals surface area contributed by atoms with E-state index in [0.29, 0.717) is 4.51 Å². The van der Waals surface area contributed by atoms with Crippen LogP contribution in [0.4, 0.5) is 0 Å². The Morgan fingerprint density at radius 3 is 2.82 bits per heavy atom. The van der Waals surface area contributed by atoms with Gasteiger partial charge in [-0.1, -0.05) is 12.2 Å². The number of nitrogens with zero attached hydrogens (tertiary/aromatic N) is 1. The van der Waals surface area contributed by atoms with Gasteiger partial charge in [0.2, 0.25) is 0 Å². The smallest absolute Gasteiger partial charge is 0.251 e. The van der Waals surface area contributed by atoms with Crippen molar-refractivity contribution in [1.82, 2.24) is 4.73 Å². The molecule has 1 aromatic rings. The number of rotatable bonds is 1. The second-order valence-electron chi connectivity index (χ2n) is 1.97.